The third-order valence-corrected chi connectivity index (χ3v) is 6.10. The maximum atomic E-state index is 12.5. The number of piperazine rings is 1. The van der Waals surface area contributed by atoms with E-state index in [-0.39, 0.29) is 12.0 Å². The molecule has 1 atom stereocenters. The Morgan fingerprint density at radius 2 is 1.96 bits per heavy atom. The van der Waals surface area contributed by atoms with Gasteiger partial charge in [-0.15, -0.1) is 11.3 Å². The Labute approximate surface area is 160 Å². The summed E-state index contributed by atoms with van der Waals surface area (Å²) in [5.74, 6) is 1.11. The molecule has 1 N–H and O–H groups in total. The number of carbonyl (C=O) groups excluding carboxylic acids is 1. The van der Waals surface area contributed by atoms with Gasteiger partial charge in [-0.1, -0.05) is 6.92 Å². The first-order valence-corrected chi connectivity index (χ1v) is 10.5. The molecule has 1 aromatic rings. The van der Waals surface area contributed by atoms with Crippen molar-refractivity contribution < 1.29 is 9.53 Å². The number of nitrogens with one attached hydrogen (secondary N) is 1. The first-order chi connectivity index (χ1) is 12.7. The lowest BCUT2D eigenvalue weighted by atomic mass is 10.2. The van der Waals surface area contributed by atoms with Gasteiger partial charge in [0.15, 0.2) is 5.96 Å². The van der Waals surface area contributed by atoms with Gasteiger partial charge in [0.25, 0.3) is 5.91 Å². The summed E-state index contributed by atoms with van der Waals surface area (Å²) in [6.45, 7) is 9.65. The molecule has 2 aliphatic heterocycles. The molecule has 3 heterocycles. The number of ether oxygens (including phenoxy) is 1. The SMILES string of the molecule is CCNC(=NCc1ccc(CC)s1)N1CCN(C(=O)C2CCCO2)CC1. The van der Waals surface area contributed by atoms with Crippen LogP contribution in [0.5, 0.6) is 0 Å². The van der Waals surface area contributed by atoms with Crippen molar-refractivity contribution in [3.05, 3.63) is 21.9 Å². The molecule has 2 fully saturated rings. The predicted octanol–water partition coefficient (Wildman–Crippen LogP) is 2.10. The molecule has 3 rings (SSSR count). The Bertz CT molecular complexity index is 617. The molecule has 7 heteroatoms. The molecule has 144 valence electrons. The van der Waals surface area contributed by atoms with Crippen LogP contribution >= 0.6 is 11.3 Å². The van der Waals surface area contributed by atoms with E-state index in [1.54, 1.807) is 0 Å². The van der Waals surface area contributed by atoms with Crippen molar-refractivity contribution in [2.45, 2.75) is 45.8 Å². The number of aliphatic imine (C=N–C) groups is 1. The summed E-state index contributed by atoms with van der Waals surface area (Å²) in [4.78, 5) is 24.2. The van der Waals surface area contributed by atoms with Gasteiger partial charge in [0.2, 0.25) is 0 Å². The van der Waals surface area contributed by atoms with Crippen molar-refractivity contribution >= 4 is 23.2 Å². The third-order valence-electron chi connectivity index (χ3n) is 4.88. The lowest BCUT2D eigenvalue weighted by Gasteiger charge is -2.37. The molecule has 0 aromatic carbocycles. The van der Waals surface area contributed by atoms with Crippen molar-refractivity contribution in [3.63, 3.8) is 0 Å². The Morgan fingerprint density at radius 3 is 2.58 bits per heavy atom. The summed E-state index contributed by atoms with van der Waals surface area (Å²) in [6, 6.07) is 4.37. The number of hydrogen-bond acceptors (Lipinski definition) is 4. The van der Waals surface area contributed by atoms with E-state index in [0.717, 1.165) is 64.6 Å². The molecular weight excluding hydrogens is 348 g/mol. The minimum Gasteiger partial charge on any atom is -0.368 e. The second-order valence-electron chi connectivity index (χ2n) is 6.71. The Kier molecular flexibility index (Phi) is 6.91. The topological polar surface area (TPSA) is 57.2 Å². The van der Waals surface area contributed by atoms with Gasteiger partial charge < -0.3 is 19.9 Å². The first-order valence-electron chi connectivity index (χ1n) is 9.72. The fourth-order valence-corrected chi connectivity index (χ4v) is 4.27. The van der Waals surface area contributed by atoms with E-state index in [2.05, 4.69) is 36.2 Å². The van der Waals surface area contributed by atoms with Crippen LogP contribution in [0.3, 0.4) is 0 Å². The Morgan fingerprint density at radius 1 is 1.23 bits per heavy atom. The van der Waals surface area contributed by atoms with Gasteiger partial charge in [0.05, 0.1) is 6.54 Å². The molecule has 1 amide bonds. The molecule has 0 aliphatic carbocycles. The summed E-state index contributed by atoms with van der Waals surface area (Å²) >= 11 is 1.84. The number of thiophene rings is 1. The number of rotatable bonds is 5. The summed E-state index contributed by atoms with van der Waals surface area (Å²) in [7, 11) is 0. The first kappa shape index (κ1) is 19.2. The molecule has 26 heavy (non-hydrogen) atoms. The van der Waals surface area contributed by atoms with Gasteiger partial charge in [-0.3, -0.25) is 4.79 Å². The quantitative estimate of drug-likeness (QED) is 0.630. The number of aryl methyl sites for hydroxylation is 1. The monoisotopic (exact) mass is 378 g/mol. The zero-order valence-corrected chi connectivity index (χ0v) is 16.7. The summed E-state index contributed by atoms with van der Waals surface area (Å²) in [6.07, 6.45) is 2.73. The zero-order valence-electron chi connectivity index (χ0n) is 15.9. The second kappa shape index (κ2) is 9.37. The standard InChI is InChI=1S/C19H30N4O2S/c1-3-15-7-8-16(26-15)14-21-19(20-4-2)23-11-9-22(10-12-23)18(24)17-6-5-13-25-17/h7-8,17H,3-6,9-14H2,1-2H3,(H,20,21). The number of amides is 1. The van der Waals surface area contributed by atoms with Crippen molar-refractivity contribution in [1.29, 1.82) is 0 Å². The van der Waals surface area contributed by atoms with E-state index in [4.69, 9.17) is 9.73 Å². The number of nitrogens with zero attached hydrogens (tertiary/aromatic N) is 3. The molecule has 1 aromatic heterocycles. The average Bonchev–Trinajstić information content (AvgIpc) is 3.36. The smallest absolute Gasteiger partial charge is 0.251 e. The molecule has 0 radical (unpaired) electrons. The number of guanidine groups is 1. The molecule has 2 saturated heterocycles. The van der Waals surface area contributed by atoms with Gasteiger partial charge in [-0.05, 0) is 38.3 Å². The van der Waals surface area contributed by atoms with Gasteiger partial charge in [-0.25, -0.2) is 4.99 Å². The van der Waals surface area contributed by atoms with Gasteiger partial charge >= 0.3 is 0 Å². The van der Waals surface area contributed by atoms with Crippen LogP contribution in [0.4, 0.5) is 0 Å². The minimum atomic E-state index is -0.213. The van der Waals surface area contributed by atoms with Crippen molar-refractivity contribution in [1.82, 2.24) is 15.1 Å². The van der Waals surface area contributed by atoms with Crippen LogP contribution in [0.2, 0.25) is 0 Å². The van der Waals surface area contributed by atoms with E-state index >= 15 is 0 Å². The third kappa shape index (κ3) is 4.76. The lowest BCUT2D eigenvalue weighted by molar-refractivity contribution is -0.142. The lowest BCUT2D eigenvalue weighted by Crippen LogP contribution is -2.55. The Balaban J connectivity index is 1.55. The molecular formula is C19H30N4O2S. The maximum Gasteiger partial charge on any atom is 0.251 e. The van der Waals surface area contributed by atoms with E-state index in [1.165, 1.54) is 9.75 Å². The van der Waals surface area contributed by atoms with Gasteiger partial charge in [-0.2, -0.15) is 0 Å². The fourth-order valence-electron chi connectivity index (χ4n) is 3.39. The predicted molar refractivity (Wildman–Crippen MR) is 106 cm³/mol. The zero-order chi connectivity index (χ0) is 18.4. The van der Waals surface area contributed by atoms with Crippen LogP contribution in [0.1, 0.15) is 36.4 Å². The van der Waals surface area contributed by atoms with Crippen molar-refractivity contribution in [2.24, 2.45) is 4.99 Å². The van der Waals surface area contributed by atoms with Crippen LogP contribution in [0.25, 0.3) is 0 Å². The highest BCUT2D eigenvalue weighted by molar-refractivity contribution is 7.11. The van der Waals surface area contributed by atoms with Crippen LogP contribution in [0.15, 0.2) is 17.1 Å². The molecule has 0 spiro atoms. The van der Waals surface area contributed by atoms with Crippen LogP contribution in [-0.4, -0.2) is 67.1 Å². The van der Waals surface area contributed by atoms with Crippen molar-refractivity contribution in [2.75, 3.05) is 39.3 Å². The highest BCUT2D eigenvalue weighted by Crippen LogP contribution is 2.18. The largest absolute Gasteiger partial charge is 0.368 e. The van der Waals surface area contributed by atoms with Crippen LogP contribution in [-0.2, 0) is 22.5 Å². The molecule has 1 unspecified atom stereocenters. The summed E-state index contributed by atoms with van der Waals surface area (Å²) < 4.78 is 5.54. The van der Waals surface area contributed by atoms with Gasteiger partial charge in [0.1, 0.15) is 6.10 Å². The average molecular weight is 379 g/mol. The van der Waals surface area contributed by atoms with E-state index < -0.39 is 0 Å². The number of carbonyl (C=O) groups is 1. The van der Waals surface area contributed by atoms with E-state index in [1.807, 2.05) is 16.2 Å². The molecule has 0 bridgehead atoms. The van der Waals surface area contributed by atoms with Crippen LogP contribution < -0.4 is 5.32 Å². The summed E-state index contributed by atoms with van der Waals surface area (Å²) in [5.41, 5.74) is 0. The number of hydrogen-bond donors (Lipinski definition) is 1. The second-order valence-corrected chi connectivity index (χ2v) is 7.96. The molecule has 2 aliphatic rings. The van der Waals surface area contributed by atoms with E-state index in [9.17, 15) is 4.79 Å². The Hall–Kier alpha value is -1.60. The van der Waals surface area contributed by atoms with Crippen molar-refractivity contribution in [3.8, 4) is 0 Å². The fraction of sp³-hybridized carbons (Fsp3) is 0.684. The van der Waals surface area contributed by atoms with Gasteiger partial charge in [0, 0.05) is 49.1 Å². The summed E-state index contributed by atoms with van der Waals surface area (Å²) in [5, 5.41) is 3.39. The normalized spacial score (nSPS) is 21.3. The highest BCUT2D eigenvalue weighted by Gasteiger charge is 2.30. The minimum absolute atomic E-state index is 0.162. The molecule has 6 nitrogen and oxygen atoms in total. The van der Waals surface area contributed by atoms with E-state index in [0.29, 0.717) is 6.54 Å². The maximum absolute atomic E-state index is 12.5. The van der Waals surface area contributed by atoms with Crippen LogP contribution in [0, 0.1) is 0 Å². The molecule has 0 saturated carbocycles. The highest BCUT2D eigenvalue weighted by atomic mass is 32.1.